The highest BCUT2D eigenvalue weighted by Gasteiger charge is 2.22. The van der Waals surface area contributed by atoms with Gasteiger partial charge in [0.1, 0.15) is 0 Å². The molecule has 1 N–H and O–H groups in total. The normalized spacial score (nSPS) is 15.4. The molecule has 1 fully saturated rings. The Hall–Kier alpha value is -2.13. The predicted molar refractivity (Wildman–Crippen MR) is 121 cm³/mol. The summed E-state index contributed by atoms with van der Waals surface area (Å²) in [7, 11) is -0.594. The molecule has 1 heterocycles. The number of aryl methyl sites for hydroxylation is 1. The van der Waals surface area contributed by atoms with Crippen LogP contribution in [-0.4, -0.2) is 70.3 Å². The molecule has 2 aromatic carbocycles. The first kappa shape index (κ1) is 22.6. The number of piperazine rings is 1. The van der Waals surface area contributed by atoms with Crippen molar-refractivity contribution in [2.75, 3.05) is 57.0 Å². The van der Waals surface area contributed by atoms with Crippen molar-refractivity contribution < 1.29 is 13.2 Å². The van der Waals surface area contributed by atoms with Gasteiger partial charge in [-0.2, -0.15) is 0 Å². The van der Waals surface area contributed by atoms with E-state index < -0.39 is 10.0 Å². The van der Waals surface area contributed by atoms with Crippen LogP contribution in [0.25, 0.3) is 0 Å². The summed E-state index contributed by atoms with van der Waals surface area (Å²) in [5, 5.41) is 3.53. The summed E-state index contributed by atoms with van der Waals surface area (Å²) in [5.74, 6) is -0.164. The molecule has 7 nitrogen and oxygen atoms in total. The van der Waals surface area contributed by atoms with Gasteiger partial charge in [0.05, 0.1) is 11.4 Å². The average molecular weight is 451 g/mol. The molecule has 0 radical (unpaired) electrons. The third kappa shape index (κ3) is 5.31. The molecule has 0 bridgehead atoms. The molecule has 1 aliphatic rings. The fraction of sp³-hybridized carbons (Fsp3) is 0.381. The third-order valence-electron chi connectivity index (χ3n) is 5.14. The Morgan fingerprint density at radius 1 is 1.10 bits per heavy atom. The Balaban J connectivity index is 1.58. The molecule has 30 heavy (non-hydrogen) atoms. The lowest BCUT2D eigenvalue weighted by Crippen LogP contribution is -2.48. The van der Waals surface area contributed by atoms with Crippen LogP contribution in [-0.2, 0) is 14.8 Å². The SMILES string of the molecule is Cc1ccc(NC(=O)CN2CCN(c3cccc(Cl)c3)CC2)cc1S(=O)(=O)N(C)C. The van der Waals surface area contributed by atoms with Crippen LogP contribution in [0.5, 0.6) is 0 Å². The van der Waals surface area contributed by atoms with Gasteiger partial charge in [-0.15, -0.1) is 0 Å². The highest BCUT2D eigenvalue weighted by Crippen LogP contribution is 2.23. The molecule has 0 aliphatic carbocycles. The molecule has 1 saturated heterocycles. The number of hydrogen-bond acceptors (Lipinski definition) is 5. The van der Waals surface area contributed by atoms with E-state index in [1.165, 1.54) is 24.5 Å². The number of carbonyl (C=O) groups is 1. The van der Waals surface area contributed by atoms with Gasteiger partial charge in [-0.3, -0.25) is 9.69 Å². The van der Waals surface area contributed by atoms with Gasteiger partial charge in [0.2, 0.25) is 15.9 Å². The zero-order valence-corrected chi connectivity index (χ0v) is 19.0. The first-order valence-corrected chi connectivity index (χ1v) is 11.5. The van der Waals surface area contributed by atoms with Crippen LogP contribution in [0.2, 0.25) is 5.02 Å². The van der Waals surface area contributed by atoms with Crippen molar-refractivity contribution in [2.24, 2.45) is 0 Å². The number of hydrogen-bond donors (Lipinski definition) is 1. The molecule has 0 saturated carbocycles. The number of halogens is 1. The summed E-state index contributed by atoms with van der Waals surface area (Å²) >= 11 is 6.07. The molecule has 1 aliphatic heterocycles. The molecular weight excluding hydrogens is 424 g/mol. The van der Waals surface area contributed by atoms with E-state index in [4.69, 9.17) is 11.6 Å². The number of sulfonamides is 1. The van der Waals surface area contributed by atoms with Crippen LogP contribution in [0.1, 0.15) is 5.56 Å². The smallest absolute Gasteiger partial charge is 0.242 e. The van der Waals surface area contributed by atoms with Crippen molar-refractivity contribution in [1.82, 2.24) is 9.21 Å². The monoisotopic (exact) mass is 450 g/mol. The lowest BCUT2D eigenvalue weighted by molar-refractivity contribution is -0.117. The van der Waals surface area contributed by atoms with Gasteiger partial charge in [-0.05, 0) is 42.8 Å². The average Bonchev–Trinajstić information content (AvgIpc) is 2.69. The van der Waals surface area contributed by atoms with E-state index in [1.807, 2.05) is 24.3 Å². The van der Waals surface area contributed by atoms with Crippen molar-refractivity contribution in [3.8, 4) is 0 Å². The van der Waals surface area contributed by atoms with Crippen LogP contribution < -0.4 is 10.2 Å². The lowest BCUT2D eigenvalue weighted by atomic mass is 10.2. The molecule has 9 heteroatoms. The largest absolute Gasteiger partial charge is 0.369 e. The van der Waals surface area contributed by atoms with Gasteiger partial charge in [-0.1, -0.05) is 23.7 Å². The quantitative estimate of drug-likeness (QED) is 0.732. The van der Waals surface area contributed by atoms with Gasteiger partial charge >= 0.3 is 0 Å². The molecule has 0 unspecified atom stereocenters. The second kappa shape index (κ2) is 9.34. The van der Waals surface area contributed by atoms with E-state index in [1.54, 1.807) is 19.1 Å². The van der Waals surface area contributed by atoms with Crippen LogP contribution in [0.3, 0.4) is 0 Å². The number of anilines is 2. The zero-order valence-electron chi connectivity index (χ0n) is 17.4. The fourth-order valence-electron chi connectivity index (χ4n) is 3.39. The molecule has 162 valence electrons. The second-order valence-electron chi connectivity index (χ2n) is 7.56. The van der Waals surface area contributed by atoms with Crippen LogP contribution in [0.4, 0.5) is 11.4 Å². The highest BCUT2D eigenvalue weighted by molar-refractivity contribution is 7.89. The van der Waals surface area contributed by atoms with Crippen LogP contribution in [0, 0.1) is 6.92 Å². The predicted octanol–water partition coefficient (Wildman–Crippen LogP) is 2.66. The zero-order chi connectivity index (χ0) is 21.9. The summed E-state index contributed by atoms with van der Waals surface area (Å²) in [5.41, 5.74) is 2.20. The molecule has 2 aromatic rings. The van der Waals surface area contributed by atoms with E-state index in [0.717, 1.165) is 31.9 Å². The summed E-state index contributed by atoms with van der Waals surface area (Å²) < 4.78 is 26.1. The van der Waals surface area contributed by atoms with Crippen LogP contribution in [0.15, 0.2) is 47.4 Å². The first-order valence-electron chi connectivity index (χ1n) is 9.73. The number of amides is 1. The number of nitrogens with one attached hydrogen (secondary N) is 1. The van der Waals surface area contributed by atoms with Gasteiger partial charge in [0.15, 0.2) is 0 Å². The Morgan fingerprint density at radius 3 is 2.43 bits per heavy atom. The van der Waals surface area contributed by atoms with Gasteiger partial charge in [0.25, 0.3) is 0 Å². The topological polar surface area (TPSA) is 73.0 Å². The second-order valence-corrected chi connectivity index (χ2v) is 10.1. The number of carbonyl (C=O) groups excluding carboxylic acids is 1. The van der Waals surface area contributed by atoms with E-state index >= 15 is 0 Å². The van der Waals surface area contributed by atoms with Crippen LogP contribution >= 0.6 is 11.6 Å². The number of benzene rings is 2. The standard InChI is InChI=1S/C21H27ClN4O3S/c1-16-7-8-18(14-20(16)30(28,29)24(2)3)23-21(27)15-25-9-11-26(12-10-25)19-6-4-5-17(22)13-19/h4-8,13-14H,9-12,15H2,1-3H3,(H,23,27). The Kier molecular flexibility index (Phi) is 7.02. The summed E-state index contributed by atoms with van der Waals surface area (Å²) in [6, 6.07) is 12.7. The summed E-state index contributed by atoms with van der Waals surface area (Å²) in [4.78, 5) is 17.0. The molecule has 0 atom stereocenters. The van der Waals surface area contributed by atoms with Crippen molar-refractivity contribution in [3.63, 3.8) is 0 Å². The molecule has 0 aromatic heterocycles. The van der Waals surface area contributed by atoms with Gasteiger partial charge < -0.3 is 10.2 Å². The Morgan fingerprint density at radius 2 is 1.80 bits per heavy atom. The first-order chi connectivity index (χ1) is 14.2. The van der Waals surface area contributed by atoms with Crippen molar-refractivity contribution in [3.05, 3.63) is 53.1 Å². The maximum atomic E-state index is 12.5. The van der Waals surface area contributed by atoms with E-state index in [2.05, 4.69) is 15.1 Å². The number of rotatable bonds is 6. The van der Waals surface area contributed by atoms with Gasteiger partial charge in [-0.25, -0.2) is 12.7 Å². The molecule has 1 amide bonds. The minimum absolute atomic E-state index is 0.164. The Labute approximate surface area is 183 Å². The number of nitrogens with zero attached hydrogens (tertiary/aromatic N) is 3. The lowest BCUT2D eigenvalue weighted by Gasteiger charge is -2.35. The molecular formula is C21H27ClN4O3S. The van der Waals surface area contributed by atoms with Crippen molar-refractivity contribution in [1.29, 1.82) is 0 Å². The summed E-state index contributed by atoms with van der Waals surface area (Å²) in [6.07, 6.45) is 0. The fourth-order valence-corrected chi connectivity index (χ4v) is 4.72. The van der Waals surface area contributed by atoms with Crippen molar-refractivity contribution in [2.45, 2.75) is 11.8 Å². The van der Waals surface area contributed by atoms with Gasteiger partial charge in [0, 0.05) is 56.7 Å². The van der Waals surface area contributed by atoms with E-state index in [9.17, 15) is 13.2 Å². The van der Waals surface area contributed by atoms with Crippen molar-refractivity contribution >= 4 is 38.9 Å². The molecule has 0 spiro atoms. The minimum atomic E-state index is -3.57. The molecule has 3 rings (SSSR count). The maximum Gasteiger partial charge on any atom is 0.242 e. The van der Waals surface area contributed by atoms with E-state index in [-0.39, 0.29) is 17.3 Å². The van der Waals surface area contributed by atoms with E-state index in [0.29, 0.717) is 16.3 Å². The minimum Gasteiger partial charge on any atom is -0.369 e. The summed E-state index contributed by atoms with van der Waals surface area (Å²) in [6.45, 7) is 5.13. The highest BCUT2D eigenvalue weighted by atomic mass is 35.5. The maximum absolute atomic E-state index is 12.5. The third-order valence-corrected chi connectivity index (χ3v) is 7.34. The Bertz CT molecular complexity index is 1020.